The van der Waals surface area contributed by atoms with Crippen LogP contribution in [0.3, 0.4) is 0 Å². The van der Waals surface area contributed by atoms with Crippen molar-refractivity contribution in [3.63, 3.8) is 0 Å². The summed E-state index contributed by atoms with van der Waals surface area (Å²) in [5.74, 6) is 2.37. The van der Waals surface area contributed by atoms with Gasteiger partial charge in [-0.25, -0.2) is 0 Å². The largest absolute Gasteiger partial charge is 0.431 e. The number of carbonyl (C=O) groups excluding carboxylic acids is 1. The maximum atomic E-state index is 13.3. The molecule has 2 fully saturated rings. The van der Waals surface area contributed by atoms with E-state index in [0.29, 0.717) is 24.4 Å². The molecule has 8 atom stereocenters. The Balaban J connectivity index is 1.49. The van der Waals surface area contributed by atoms with E-state index in [4.69, 9.17) is 18.9 Å². The lowest BCUT2D eigenvalue weighted by Gasteiger charge is -2.53. The summed E-state index contributed by atoms with van der Waals surface area (Å²) in [6.07, 6.45) is 7.15. The standard InChI is InChI=1S/C27H44O6/c1-17(13-28)14-31-15-18(2)20-6-7-21-24-22(9-11-26(20,21)3)27(4)10-8-19(32-16-30-5)12-23(27)25(29)33-24/h17-21,23,28H,6-16H2,1-5H3/t17?,18-,19+,20-,21+,23-,26-,27-/m1/s1. The topological polar surface area (TPSA) is 74.2 Å². The normalized spacial score (nSPS) is 40.0. The van der Waals surface area contributed by atoms with Crippen LogP contribution in [-0.2, 0) is 23.7 Å². The number of hydrogen-bond donors (Lipinski definition) is 1. The maximum absolute atomic E-state index is 13.3. The van der Waals surface area contributed by atoms with E-state index in [-0.39, 0.29) is 48.1 Å². The highest BCUT2D eigenvalue weighted by molar-refractivity contribution is 5.77. The Morgan fingerprint density at radius 3 is 2.64 bits per heavy atom. The summed E-state index contributed by atoms with van der Waals surface area (Å²) in [4.78, 5) is 13.3. The van der Waals surface area contributed by atoms with Crippen molar-refractivity contribution in [3.05, 3.63) is 11.3 Å². The zero-order chi connectivity index (χ0) is 23.8. The number of hydrogen-bond acceptors (Lipinski definition) is 6. The fourth-order valence-corrected chi connectivity index (χ4v) is 7.53. The van der Waals surface area contributed by atoms with Crippen LogP contribution in [0.15, 0.2) is 11.3 Å². The second-order valence-electron chi connectivity index (χ2n) is 11.7. The van der Waals surface area contributed by atoms with Gasteiger partial charge in [-0.15, -0.1) is 0 Å². The maximum Gasteiger partial charge on any atom is 0.315 e. The molecule has 4 rings (SSSR count). The number of methoxy groups -OCH3 is 1. The third-order valence-corrected chi connectivity index (χ3v) is 9.58. The molecular formula is C27H44O6. The molecule has 188 valence electrons. The van der Waals surface area contributed by atoms with Crippen LogP contribution in [-0.4, -0.2) is 50.9 Å². The summed E-state index contributed by atoms with van der Waals surface area (Å²) >= 11 is 0. The van der Waals surface area contributed by atoms with Gasteiger partial charge in [0.2, 0.25) is 0 Å². The van der Waals surface area contributed by atoms with Gasteiger partial charge in [0.25, 0.3) is 0 Å². The number of aliphatic hydroxyl groups excluding tert-OH is 1. The lowest BCUT2D eigenvalue weighted by molar-refractivity contribution is -0.164. The number of fused-ring (bicyclic) bond motifs is 4. The molecule has 33 heavy (non-hydrogen) atoms. The van der Waals surface area contributed by atoms with Crippen molar-refractivity contribution in [1.29, 1.82) is 0 Å². The lowest BCUT2D eigenvalue weighted by Crippen LogP contribution is -2.50. The van der Waals surface area contributed by atoms with Crippen LogP contribution < -0.4 is 0 Å². The Bertz CT molecular complexity index is 749. The predicted molar refractivity (Wildman–Crippen MR) is 125 cm³/mol. The monoisotopic (exact) mass is 464 g/mol. The fraction of sp³-hybridized carbons (Fsp3) is 0.889. The van der Waals surface area contributed by atoms with E-state index in [9.17, 15) is 9.90 Å². The Morgan fingerprint density at radius 2 is 1.91 bits per heavy atom. The highest BCUT2D eigenvalue weighted by atomic mass is 16.7. The van der Waals surface area contributed by atoms with Crippen molar-refractivity contribution < 1.29 is 28.8 Å². The molecule has 4 aliphatic rings. The number of allylic oxidation sites excluding steroid dienone is 2. The molecule has 3 aliphatic carbocycles. The average molecular weight is 465 g/mol. The van der Waals surface area contributed by atoms with Crippen molar-refractivity contribution in [2.75, 3.05) is 33.7 Å². The summed E-state index contributed by atoms with van der Waals surface area (Å²) < 4.78 is 23.1. The smallest absolute Gasteiger partial charge is 0.315 e. The third-order valence-electron chi connectivity index (χ3n) is 9.58. The van der Waals surface area contributed by atoms with Crippen LogP contribution in [0, 0.1) is 40.4 Å². The summed E-state index contributed by atoms with van der Waals surface area (Å²) in [5, 5.41) is 9.26. The molecule has 6 nitrogen and oxygen atoms in total. The molecule has 0 bridgehead atoms. The first kappa shape index (κ1) is 25.2. The molecule has 1 N–H and O–H groups in total. The van der Waals surface area contributed by atoms with Crippen LogP contribution in [0.25, 0.3) is 0 Å². The predicted octanol–water partition coefficient (Wildman–Crippen LogP) is 4.70. The van der Waals surface area contributed by atoms with Crippen LogP contribution in [0.1, 0.15) is 72.6 Å². The summed E-state index contributed by atoms with van der Waals surface area (Å²) in [6, 6.07) is 0. The van der Waals surface area contributed by atoms with Gasteiger partial charge in [0.15, 0.2) is 0 Å². The van der Waals surface area contributed by atoms with Gasteiger partial charge in [0.1, 0.15) is 12.6 Å². The van der Waals surface area contributed by atoms with Crippen molar-refractivity contribution in [1.82, 2.24) is 0 Å². The highest BCUT2D eigenvalue weighted by Crippen LogP contribution is 2.64. The van der Waals surface area contributed by atoms with Gasteiger partial charge in [0, 0.05) is 37.6 Å². The van der Waals surface area contributed by atoms with Gasteiger partial charge < -0.3 is 24.1 Å². The average Bonchev–Trinajstić information content (AvgIpc) is 3.15. The quantitative estimate of drug-likeness (QED) is 0.394. The molecular weight excluding hydrogens is 420 g/mol. The Kier molecular flexibility index (Phi) is 7.59. The molecule has 0 radical (unpaired) electrons. The minimum absolute atomic E-state index is 0.0518. The highest BCUT2D eigenvalue weighted by Gasteiger charge is 2.59. The lowest BCUT2D eigenvalue weighted by atomic mass is 9.55. The van der Waals surface area contributed by atoms with Crippen LogP contribution in [0.5, 0.6) is 0 Å². The number of rotatable bonds is 9. The van der Waals surface area contributed by atoms with E-state index in [0.717, 1.165) is 57.3 Å². The Morgan fingerprint density at radius 1 is 1.12 bits per heavy atom. The Labute approximate surface area is 199 Å². The van der Waals surface area contributed by atoms with E-state index >= 15 is 0 Å². The SMILES string of the molecule is COCO[C@H]1CC[C@]2(C)C3=C(OC(=O)[C@H]2C1)[C@@H]1CC[C@H]([C@H](C)COCC(C)CO)[C@@]1(C)CC3. The molecule has 0 aromatic rings. The van der Waals surface area contributed by atoms with Gasteiger partial charge >= 0.3 is 5.97 Å². The second kappa shape index (κ2) is 9.96. The molecule has 0 spiro atoms. The second-order valence-corrected chi connectivity index (χ2v) is 11.7. The first-order valence-electron chi connectivity index (χ1n) is 13.0. The summed E-state index contributed by atoms with van der Waals surface area (Å²) in [6.45, 7) is 10.8. The molecule has 0 amide bonds. The minimum atomic E-state index is -0.116. The zero-order valence-electron chi connectivity index (χ0n) is 21.2. The fourth-order valence-electron chi connectivity index (χ4n) is 7.53. The van der Waals surface area contributed by atoms with Crippen molar-refractivity contribution in [2.24, 2.45) is 40.4 Å². The first-order chi connectivity index (χ1) is 15.7. The number of ether oxygens (including phenoxy) is 4. The van der Waals surface area contributed by atoms with Gasteiger partial charge in [-0.3, -0.25) is 4.79 Å². The molecule has 2 saturated carbocycles. The first-order valence-corrected chi connectivity index (χ1v) is 13.0. The van der Waals surface area contributed by atoms with Gasteiger partial charge in [-0.05, 0) is 67.8 Å². The third kappa shape index (κ3) is 4.53. The van der Waals surface area contributed by atoms with Crippen molar-refractivity contribution in [3.8, 4) is 0 Å². The van der Waals surface area contributed by atoms with Gasteiger partial charge in [-0.2, -0.15) is 0 Å². The molecule has 0 saturated heterocycles. The van der Waals surface area contributed by atoms with E-state index < -0.39 is 0 Å². The molecule has 1 heterocycles. The number of aliphatic hydroxyl groups is 1. The molecule has 1 aliphatic heterocycles. The number of esters is 1. The summed E-state index contributed by atoms with van der Waals surface area (Å²) in [5.41, 5.74) is 1.46. The van der Waals surface area contributed by atoms with E-state index in [2.05, 4.69) is 20.8 Å². The van der Waals surface area contributed by atoms with Gasteiger partial charge in [-0.1, -0.05) is 27.7 Å². The Hall–Kier alpha value is -0.950. The molecule has 1 unspecified atom stereocenters. The minimum Gasteiger partial charge on any atom is -0.431 e. The van der Waals surface area contributed by atoms with Crippen molar-refractivity contribution in [2.45, 2.75) is 78.7 Å². The molecule has 0 aromatic heterocycles. The number of carbonyl (C=O) groups is 1. The van der Waals surface area contributed by atoms with E-state index in [1.807, 2.05) is 6.92 Å². The van der Waals surface area contributed by atoms with Gasteiger partial charge in [0.05, 0.1) is 18.6 Å². The summed E-state index contributed by atoms with van der Waals surface area (Å²) in [7, 11) is 1.63. The van der Waals surface area contributed by atoms with Crippen LogP contribution >= 0.6 is 0 Å². The van der Waals surface area contributed by atoms with Crippen LogP contribution in [0.2, 0.25) is 0 Å². The molecule has 6 heteroatoms. The molecule has 0 aromatic carbocycles. The van der Waals surface area contributed by atoms with E-state index in [1.54, 1.807) is 7.11 Å². The van der Waals surface area contributed by atoms with Crippen LogP contribution in [0.4, 0.5) is 0 Å². The van der Waals surface area contributed by atoms with E-state index in [1.165, 1.54) is 5.57 Å². The van der Waals surface area contributed by atoms with Crippen molar-refractivity contribution >= 4 is 5.97 Å². The zero-order valence-corrected chi connectivity index (χ0v) is 21.2.